The molecule has 2 N–H and O–H groups in total. The molecule has 0 saturated heterocycles. The minimum absolute atomic E-state index is 0.283. The molecule has 0 fully saturated rings. The molecule has 0 aromatic heterocycles. The normalized spacial score (nSPS) is 10.6. The molecule has 6 heteroatoms. The van der Waals surface area contributed by atoms with Gasteiger partial charge in [0.25, 0.3) is 0 Å². The van der Waals surface area contributed by atoms with Crippen molar-refractivity contribution in [3.8, 4) is 0 Å². The third-order valence-electron chi connectivity index (χ3n) is 0.958. The average Bonchev–Trinajstić information content (AvgIpc) is 2.11. The van der Waals surface area contributed by atoms with Gasteiger partial charge in [-0.05, 0) is 13.8 Å². The highest BCUT2D eigenvalue weighted by Gasteiger charge is 2.06. The molecular weight excluding hydrogens is 172 g/mol. The summed E-state index contributed by atoms with van der Waals surface area (Å²) in [6.45, 7) is 3.31. The second-order valence-corrected chi connectivity index (χ2v) is 2.02. The van der Waals surface area contributed by atoms with Gasteiger partial charge in [0.2, 0.25) is 11.8 Å². The molecule has 0 heterocycles. The van der Waals surface area contributed by atoms with Crippen LogP contribution >= 0.6 is 0 Å². The first-order valence-corrected chi connectivity index (χ1v) is 3.73. The van der Waals surface area contributed by atoms with E-state index >= 15 is 0 Å². The maximum Gasteiger partial charge on any atom is 0.249 e. The number of hydrogen-bond donors (Lipinski definition) is 2. The van der Waals surface area contributed by atoms with E-state index in [0.717, 1.165) is 0 Å². The third kappa shape index (κ3) is 6.67. The van der Waals surface area contributed by atoms with Crippen LogP contribution in [0.3, 0.4) is 0 Å². The predicted octanol–water partition coefficient (Wildman–Crippen LogP) is -0.380. The predicted molar refractivity (Wildman–Crippen MR) is 49.2 cm³/mol. The Balaban J connectivity index is 3.71. The van der Waals surface area contributed by atoms with E-state index in [9.17, 15) is 9.59 Å². The van der Waals surface area contributed by atoms with Crippen LogP contribution in [0, 0.1) is 0 Å². The van der Waals surface area contributed by atoms with Crippen LogP contribution < -0.4 is 10.9 Å². The monoisotopic (exact) mass is 184 g/mol. The zero-order valence-corrected chi connectivity index (χ0v) is 7.57. The van der Waals surface area contributed by atoms with E-state index in [1.807, 2.05) is 0 Å². The minimum Gasteiger partial charge on any atom is -0.273 e. The zero-order valence-electron chi connectivity index (χ0n) is 7.57. The lowest BCUT2D eigenvalue weighted by atomic mass is 10.4. The van der Waals surface area contributed by atoms with Gasteiger partial charge < -0.3 is 0 Å². The summed E-state index contributed by atoms with van der Waals surface area (Å²) < 4.78 is 0. The first-order valence-electron chi connectivity index (χ1n) is 3.73. The largest absolute Gasteiger partial charge is 0.273 e. The van der Waals surface area contributed by atoms with Crippen LogP contribution in [0.2, 0.25) is 0 Å². The summed E-state index contributed by atoms with van der Waals surface area (Å²) in [7, 11) is 0. The summed E-state index contributed by atoms with van der Waals surface area (Å²) >= 11 is 0. The number of hydrazone groups is 2. The van der Waals surface area contributed by atoms with Gasteiger partial charge in [-0.3, -0.25) is 9.59 Å². The van der Waals surface area contributed by atoms with Crippen molar-refractivity contribution in [3.63, 3.8) is 0 Å². The molecule has 0 aliphatic carbocycles. The molecule has 0 unspecified atom stereocenters. The molecule has 0 atom stereocenters. The Kier molecular flexibility index (Phi) is 6.04. The molecule has 0 aliphatic heterocycles. The van der Waals surface area contributed by atoms with Gasteiger partial charge in [-0.25, -0.2) is 10.9 Å². The molecule has 2 amide bonds. The molecule has 0 rings (SSSR count). The fourth-order valence-corrected chi connectivity index (χ4v) is 0.498. The first-order chi connectivity index (χ1) is 6.20. The second kappa shape index (κ2) is 6.96. The fourth-order valence-electron chi connectivity index (χ4n) is 0.498. The van der Waals surface area contributed by atoms with E-state index in [1.165, 1.54) is 12.4 Å². The van der Waals surface area contributed by atoms with E-state index in [-0.39, 0.29) is 6.42 Å². The van der Waals surface area contributed by atoms with Crippen molar-refractivity contribution in [2.75, 3.05) is 0 Å². The molecule has 13 heavy (non-hydrogen) atoms. The van der Waals surface area contributed by atoms with Crippen molar-refractivity contribution in [3.05, 3.63) is 0 Å². The minimum atomic E-state index is -0.470. The Labute approximate surface area is 76.1 Å². The highest BCUT2D eigenvalue weighted by molar-refractivity contribution is 5.96. The van der Waals surface area contributed by atoms with E-state index < -0.39 is 11.8 Å². The highest BCUT2D eigenvalue weighted by atomic mass is 16.2. The van der Waals surface area contributed by atoms with Gasteiger partial charge in [-0.15, -0.1) is 0 Å². The number of nitrogens with one attached hydrogen (secondary N) is 2. The number of carbonyl (C=O) groups excluding carboxylic acids is 2. The average molecular weight is 184 g/mol. The summed E-state index contributed by atoms with van der Waals surface area (Å²) in [6.07, 6.45) is 2.55. The molecule has 0 saturated carbocycles. The Morgan fingerprint density at radius 1 is 1.08 bits per heavy atom. The van der Waals surface area contributed by atoms with Crippen LogP contribution in [0.25, 0.3) is 0 Å². The topological polar surface area (TPSA) is 82.9 Å². The van der Waals surface area contributed by atoms with Gasteiger partial charge in [0.1, 0.15) is 6.42 Å². The zero-order chi connectivity index (χ0) is 10.1. The van der Waals surface area contributed by atoms with Crippen molar-refractivity contribution >= 4 is 24.2 Å². The lowest BCUT2D eigenvalue weighted by Gasteiger charge is -1.97. The smallest absolute Gasteiger partial charge is 0.249 e. The van der Waals surface area contributed by atoms with Gasteiger partial charge in [-0.1, -0.05) is 0 Å². The summed E-state index contributed by atoms with van der Waals surface area (Å²) in [5.74, 6) is -0.941. The van der Waals surface area contributed by atoms with Crippen molar-refractivity contribution in [1.82, 2.24) is 10.9 Å². The molecule has 0 spiro atoms. The lowest BCUT2D eigenvalue weighted by Crippen LogP contribution is -2.26. The molecule has 72 valence electrons. The van der Waals surface area contributed by atoms with Gasteiger partial charge in [-0.2, -0.15) is 10.2 Å². The molecule has 0 aromatic carbocycles. The van der Waals surface area contributed by atoms with Gasteiger partial charge in [0.05, 0.1) is 0 Å². The number of amides is 2. The van der Waals surface area contributed by atoms with E-state index in [0.29, 0.717) is 0 Å². The van der Waals surface area contributed by atoms with E-state index in [4.69, 9.17) is 0 Å². The summed E-state index contributed by atoms with van der Waals surface area (Å²) in [6, 6.07) is 0. The summed E-state index contributed by atoms with van der Waals surface area (Å²) in [5, 5.41) is 6.92. The van der Waals surface area contributed by atoms with Crippen LogP contribution in [0.15, 0.2) is 10.2 Å². The summed E-state index contributed by atoms with van der Waals surface area (Å²) in [5.41, 5.74) is 4.31. The summed E-state index contributed by atoms with van der Waals surface area (Å²) in [4.78, 5) is 21.7. The molecule has 0 aromatic rings. The maximum atomic E-state index is 10.8. The van der Waals surface area contributed by atoms with E-state index in [2.05, 4.69) is 21.1 Å². The van der Waals surface area contributed by atoms with Crippen LogP contribution in [-0.2, 0) is 9.59 Å². The van der Waals surface area contributed by atoms with Crippen molar-refractivity contribution in [1.29, 1.82) is 0 Å². The number of rotatable bonds is 4. The van der Waals surface area contributed by atoms with Crippen LogP contribution in [-0.4, -0.2) is 24.2 Å². The van der Waals surface area contributed by atoms with Gasteiger partial charge in [0.15, 0.2) is 0 Å². The standard InChI is InChI=1S/C7H12N4O2/c1-3-8-10-6(12)5-7(13)11-9-4-2/h3-4H,5H2,1-2H3,(H,10,12)(H,11,13). The quantitative estimate of drug-likeness (QED) is 0.354. The number of carbonyl (C=O) groups is 2. The van der Waals surface area contributed by atoms with Gasteiger partial charge in [0, 0.05) is 12.4 Å². The molecular formula is C7H12N4O2. The highest BCUT2D eigenvalue weighted by Crippen LogP contribution is 1.79. The fraction of sp³-hybridized carbons (Fsp3) is 0.429. The Bertz CT molecular complexity index is 211. The second-order valence-electron chi connectivity index (χ2n) is 2.02. The van der Waals surface area contributed by atoms with Crippen LogP contribution in [0.1, 0.15) is 20.3 Å². The Morgan fingerprint density at radius 3 is 1.77 bits per heavy atom. The van der Waals surface area contributed by atoms with Crippen molar-refractivity contribution in [2.24, 2.45) is 10.2 Å². The van der Waals surface area contributed by atoms with E-state index in [1.54, 1.807) is 13.8 Å². The third-order valence-corrected chi connectivity index (χ3v) is 0.958. The van der Waals surface area contributed by atoms with Gasteiger partial charge >= 0.3 is 0 Å². The Hall–Kier alpha value is -1.72. The molecule has 0 radical (unpaired) electrons. The number of nitrogens with zero attached hydrogens (tertiary/aromatic N) is 2. The van der Waals surface area contributed by atoms with Crippen molar-refractivity contribution in [2.45, 2.75) is 20.3 Å². The maximum absolute atomic E-state index is 10.8. The molecule has 0 bridgehead atoms. The molecule has 0 aliphatic rings. The molecule has 6 nitrogen and oxygen atoms in total. The van der Waals surface area contributed by atoms with Crippen LogP contribution in [0.5, 0.6) is 0 Å². The van der Waals surface area contributed by atoms with Crippen molar-refractivity contribution < 1.29 is 9.59 Å². The SMILES string of the molecule is CC=NNC(=O)CC(=O)NN=CC. The number of hydrogen-bond acceptors (Lipinski definition) is 4. The lowest BCUT2D eigenvalue weighted by molar-refractivity contribution is -0.129. The first kappa shape index (κ1) is 11.3. The Morgan fingerprint density at radius 2 is 1.46 bits per heavy atom. The van der Waals surface area contributed by atoms with Crippen LogP contribution in [0.4, 0.5) is 0 Å².